The van der Waals surface area contributed by atoms with Gasteiger partial charge in [0.25, 0.3) is 0 Å². The second kappa shape index (κ2) is 20.8. The highest BCUT2D eigenvalue weighted by Gasteiger charge is 2.64. The van der Waals surface area contributed by atoms with Crippen LogP contribution in [0.5, 0.6) is 0 Å². The molecule has 58 heavy (non-hydrogen) atoms. The van der Waals surface area contributed by atoms with Gasteiger partial charge in [-0.15, -0.1) is 0 Å². The van der Waals surface area contributed by atoms with Crippen LogP contribution in [0.1, 0.15) is 93.5 Å². The highest BCUT2D eigenvalue weighted by molar-refractivity contribution is 8.76. The molecule has 16 heteroatoms. The van der Waals surface area contributed by atoms with Crippen molar-refractivity contribution in [3.63, 3.8) is 0 Å². The molecule has 0 spiro atoms. The van der Waals surface area contributed by atoms with Gasteiger partial charge in [0.05, 0.1) is 23.2 Å². The highest BCUT2D eigenvalue weighted by Crippen LogP contribution is 2.49. The zero-order valence-electron chi connectivity index (χ0n) is 36.7. The number of hydrogen-bond acceptors (Lipinski definition) is 11. The number of aryl methyl sites for hydroxylation is 1. The maximum absolute atomic E-state index is 14.2. The van der Waals surface area contributed by atoms with Crippen LogP contribution in [-0.4, -0.2) is 108 Å². The van der Waals surface area contributed by atoms with Crippen LogP contribution in [0, 0.1) is 18.8 Å². The molecule has 324 valence electrons. The number of allylic oxidation sites excluding steroid dienone is 3. The number of nitrogens with zero attached hydrogens (tertiary/aromatic N) is 2. The number of benzene rings is 1. The van der Waals surface area contributed by atoms with Crippen molar-refractivity contribution in [2.45, 2.75) is 135 Å². The smallest absolute Gasteiger partial charge is 0.409 e. The van der Waals surface area contributed by atoms with Crippen molar-refractivity contribution in [1.82, 2.24) is 15.5 Å². The zero-order chi connectivity index (χ0) is 44.4. The molecule has 9 atom stereocenters. The minimum atomic E-state index is -1.61. The molecular weight excluding hydrogens is 804 g/mol. The first-order chi connectivity index (χ1) is 27.7. The fraction of sp³-hybridized carbons (Fsp3) is 0.643. The number of hydrogen-bond donors (Lipinski definition) is 3. The van der Waals surface area contributed by atoms with Crippen molar-refractivity contribution in [2.75, 3.05) is 31.8 Å². The van der Waals surface area contributed by atoms with E-state index in [4.69, 9.17) is 27.2 Å². The standard InChI is InChI=1S/C41H59ClN4O9S2.CH4/c1-23-12-11-13-25(3)41(52)22-31(53-39(51)44-41)27(5)37-40(7,55-37)32(21-35(49)46(10)30-20-29(18-23)19-24(2)36(30)42)54-38(50)28(6)45(9)34(48)16-17-56-57-26(4)14-15-33(47)43-8;/h11-13,19-20,25-28,31-32,37,52H,14-18,21-22H2,1-10H3,(H,43,47)(H,44,51);1H4/b13-11+,23-12+;/t25-,26?,27-,28+,31+,32+,37+,40-,41+;/m1./s1/i;1D. The topological polar surface area (TPSA) is 167 Å². The molecule has 0 aromatic heterocycles. The van der Waals surface area contributed by atoms with Gasteiger partial charge in [0.1, 0.15) is 29.6 Å². The van der Waals surface area contributed by atoms with Gasteiger partial charge in [-0.25, -0.2) is 9.59 Å². The van der Waals surface area contributed by atoms with E-state index in [0.717, 1.165) is 16.7 Å². The van der Waals surface area contributed by atoms with E-state index in [2.05, 4.69) is 10.6 Å². The third kappa shape index (κ3) is 12.2. The lowest BCUT2D eigenvalue weighted by Crippen LogP contribution is -2.60. The molecule has 2 saturated heterocycles. The zero-order valence-corrected chi connectivity index (χ0v) is 38.1. The van der Waals surface area contributed by atoms with Crippen molar-refractivity contribution < 1.29 is 44.7 Å². The summed E-state index contributed by atoms with van der Waals surface area (Å²) in [6.45, 7) is 12.9. The second-order valence-electron chi connectivity index (χ2n) is 15.8. The Balaban J connectivity index is 0.00000458. The Hall–Kier alpha value is -3.24. The van der Waals surface area contributed by atoms with Crippen molar-refractivity contribution in [1.29, 1.82) is 0 Å². The number of carbonyl (C=O) groups excluding carboxylic acids is 5. The van der Waals surface area contributed by atoms with Crippen molar-refractivity contribution in [3.8, 4) is 0 Å². The molecule has 3 aliphatic rings. The third-order valence-corrected chi connectivity index (χ3v) is 14.8. The number of rotatable bonds is 11. The lowest BCUT2D eigenvalue weighted by atomic mass is 9.82. The van der Waals surface area contributed by atoms with Gasteiger partial charge in [-0.05, 0) is 57.7 Å². The normalized spacial score (nSPS) is 29.9. The van der Waals surface area contributed by atoms with Gasteiger partial charge in [-0.2, -0.15) is 0 Å². The van der Waals surface area contributed by atoms with E-state index in [0.29, 0.717) is 35.7 Å². The molecule has 1 aromatic rings. The lowest BCUT2D eigenvalue weighted by Gasteiger charge is -2.41. The number of amides is 4. The van der Waals surface area contributed by atoms with Crippen LogP contribution in [0.3, 0.4) is 0 Å². The molecule has 4 rings (SSSR count). The average Bonchev–Trinajstić information content (AvgIpc) is 3.90. The average molecular weight is 869 g/mol. The third-order valence-electron chi connectivity index (χ3n) is 11.4. The van der Waals surface area contributed by atoms with Crippen LogP contribution in [-0.2, 0) is 39.8 Å². The van der Waals surface area contributed by atoms with Crippen molar-refractivity contribution in [3.05, 3.63) is 52.1 Å². The van der Waals surface area contributed by atoms with Gasteiger partial charge >= 0.3 is 12.1 Å². The minimum absolute atomic E-state index is 0.0114. The van der Waals surface area contributed by atoms with E-state index >= 15 is 0 Å². The fourth-order valence-electron chi connectivity index (χ4n) is 7.14. The number of ether oxygens (including phenoxy) is 3. The molecule has 13 nitrogen and oxygen atoms in total. The molecule has 4 amide bonds. The Kier molecular flexibility index (Phi) is 17.0. The van der Waals surface area contributed by atoms with Crippen LogP contribution in [0.2, 0.25) is 5.02 Å². The van der Waals surface area contributed by atoms with E-state index in [1.54, 1.807) is 45.8 Å². The summed E-state index contributed by atoms with van der Waals surface area (Å²) in [6, 6.07) is 2.86. The molecule has 3 N–H and O–H groups in total. The van der Waals surface area contributed by atoms with Crippen molar-refractivity contribution >= 4 is 68.7 Å². The van der Waals surface area contributed by atoms with E-state index in [1.807, 2.05) is 65.0 Å². The number of esters is 1. The number of anilines is 1. The van der Waals surface area contributed by atoms with E-state index in [-0.39, 0.29) is 42.2 Å². The monoisotopic (exact) mass is 867 g/mol. The van der Waals surface area contributed by atoms with Crippen LogP contribution in [0.15, 0.2) is 35.9 Å². The number of fused-ring (bicyclic) bond motifs is 5. The number of likely N-dealkylation sites (N-methyl/N-ethyl adjacent to an activating group) is 1. The summed E-state index contributed by atoms with van der Waals surface area (Å²) in [5.41, 5.74) is 0.462. The Morgan fingerprint density at radius 3 is 2.59 bits per heavy atom. The molecule has 3 aliphatic heterocycles. The summed E-state index contributed by atoms with van der Waals surface area (Å²) in [6.07, 6.45) is 4.08. The van der Waals surface area contributed by atoms with Gasteiger partial charge in [0.2, 0.25) is 17.7 Å². The number of halogens is 1. The molecule has 3 heterocycles. The number of epoxide rings is 1. The number of carbonyl (C=O) groups is 5. The quantitative estimate of drug-likeness (QED) is 0.0932. The van der Waals surface area contributed by atoms with Crippen LogP contribution in [0.4, 0.5) is 10.5 Å². The lowest BCUT2D eigenvalue weighted by molar-refractivity contribution is -0.161. The highest BCUT2D eigenvalue weighted by atomic mass is 35.5. The van der Waals surface area contributed by atoms with E-state index < -0.39 is 59.6 Å². The number of alkyl carbamates (subject to hydrolysis) is 1. The molecule has 1 unspecified atom stereocenters. The van der Waals surface area contributed by atoms with E-state index in [9.17, 15) is 29.1 Å². The van der Waals surface area contributed by atoms with Gasteiger partial charge in [0.15, 0.2) is 0 Å². The summed E-state index contributed by atoms with van der Waals surface area (Å²) in [4.78, 5) is 68.4. The Morgan fingerprint density at radius 2 is 1.91 bits per heavy atom. The molecule has 0 aliphatic carbocycles. The first-order valence-electron chi connectivity index (χ1n) is 20.4. The first-order valence-corrected chi connectivity index (χ1v) is 22.2. The molecule has 0 radical (unpaired) electrons. The maximum atomic E-state index is 14.2. The molecule has 4 bridgehead atoms. The molecule has 2 fully saturated rings. The van der Waals surface area contributed by atoms with Gasteiger partial charge < -0.3 is 34.4 Å². The molecule has 0 saturated carbocycles. The number of nitrogens with one attached hydrogen (secondary N) is 2. The predicted octanol–water partition coefficient (Wildman–Crippen LogP) is 6.76. The largest absolute Gasteiger partial charge is 0.457 e. The van der Waals surface area contributed by atoms with Gasteiger partial charge in [0, 0.05) is 64.6 Å². The predicted molar refractivity (Wildman–Crippen MR) is 232 cm³/mol. The first kappa shape index (κ1) is 47.4. The fourth-order valence-corrected chi connectivity index (χ4v) is 9.70. The van der Waals surface area contributed by atoms with E-state index in [1.165, 1.54) is 28.0 Å². The molecule has 1 aromatic carbocycles. The van der Waals surface area contributed by atoms with Gasteiger partial charge in [-0.3, -0.25) is 19.7 Å². The van der Waals surface area contributed by atoms with Crippen LogP contribution in [0.25, 0.3) is 0 Å². The Morgan fingerprint density at radius 1 is 1.22 bits per heavy atom. The molecular formula is C42H63ClN4O9S2. The van der Waals surface area contributed by atoms with Crippen LogP contribution >= 0.6 is 33.2 Å². The summed E-state index contributed by atoms with van der Waals surface area (Å²) < 4.78 is 23.9. The Labute approximate surface area is 358 Å². The second-order valence-corrected chi connectivity index (χ2v) is 19.1. The summed E-state index contributed by atoms with van der Waals surface area (Å²) in [5.74, 6) is -1.79. The Bertz CT molecular complexity index is 1750. The summed E-state index contributed by atoms with van der Waals surface area (Å²) in [5, 5.41) is 17.6. The summed E-state index contributed by atoms with van der Waals surface area (Å²) in [7, 11) is 9.18. The summed E-state index contributed by atoms with van der Waals surface area (Å²) >= 11 is 6.79. The van der Waals surface area contributed by atoms with Gasteiger partial charge in [-0.1, -0.05) is 91.2 Å². The van der Waals surface area contributed by atoms with Crippen LogP contribution < -0.4 is 15.5 Å². The van der Waals surface area contributed by atoms with Crippen molar-refractivity contribution in [2.24, 2.45) is 11.8 Å². The maximum Gasteiger partial charge on any atom is 0.409 e. The SMILES string of the molecule is CNC(=O)CCC(C)SSCCC(=O)N(C)[C@@H](C)C(=O)O[C@H]1CC(=O)N(C)c2cc(cc(C)c2Cl)C/C(C)=C/C=C/[C@@H](C)[C@@]2(O)C[C@H](OC(=O)N2)[C@@H](C)[C@@H]2O[C@]12C.[2H]C. The number of aliphatic hydroxyl groups is 1. The minimum Gasteiger partial charge on any atom is -0.457 e.